The zero-order valence-electron chi connectivity index (χ0n) is 61.8. The molecule has 36 heteroatoms. The lowest BCUT2D eigenvalue weighted by Gasteiger charge is -2.28. The van der Waals surface area contributed by atoms with E-state index in [-0.39, 0.29) is 89.7 Å². The number of amides is 12. The molecule has 1 aliphatic heterocycles. The van der Waals surface area contributed by atoms with Crippen molar-refractivity contribution < 1.29 is 77.3 Å². The maximum atomic E-state index is 14.9. The Kier molecular flexibility index (Phi) is 35.1. The summed E-state index contributed by atoms with van der Waals surface area (Å²) < 4.78 is 6.34. The lowest BCUT2D eigenvalue weighted by atomic mass is 10.00. The summed E-state index contributed by atoms with van der Waals surface area (Å²) in [6.07, 6.45) is -0.458. The van der Waals surface area contributed by atoms with Gasteiger partial charge in [-0.05, 0) is 145 Å². The third kappa shape index (κ3) is 26.9. The van der Waals surface area contributed by atoms with Crippen molar-refractivity contribution in [3.8, 4) is 0 Å². The maximum Gasteiger partial charge on any atom is 0.345 e. The average Bonchev–Trinajstić information content (AvgIpc) is 1.63. The van der Waals surface area contributed by atoms with Gasteiger partial charge in [0.15, 0.2) is 0 Å². The maximum absolute atomic E-state index is 14.9. The number of ether oxygens (including phenoxy) is 1. The van der Waals surface area contributed by atoms with E-state index in [1.54, 1.807) is 123 Å². The minimum atomic E-state index is -1.81. The molecule has 1 fully saturated rings. The first kappa shape index (κ1) is 87.2. The topological polar surface area (TPSA) is 542 Å². The molecular weight excluding hydrogens is 1430 g/mol. The van der Waals surface area contributed by atoms with Crippen LogP contribution in [-0.2, 0) is 63.9 Å². The van der Waals surface area contributed by atoms with Crippen LogP contribution < -0.4 is 81.4 Å². The predicted molar refractivity (Wildman–Crippen MR) is 403 cm³/mol. The van der Waals surface area contributed by atoms with Crippen LogP contribution in [0.4, 0.5) is 4.79 Å². The van der Waals surface area contributed by atoms with Crippen LogP contribution in [0.1, 0.15) is 107 Å². The van der Waals surface area contributed by atoms with Crippen molar-refractivity contribution in [1.29, 1.82) is 0 Å². The van der Waals surface area contributed by atoms with E-state index in [1.807, 2.05) is 0 Å². The summed E-state index contributed by atoms with van der Waals surface area (Å²) in [4.78, 5) is 190. The number of pyridine rings is 1. The molecule has 2 aromatic heterocycles. The van der Waals surface area contributed by atoms with Crippen molar-refractivity contribution in [3.05, 3.63) is 120 Å². The number of hydrogen-bond acceptors (Lipinski definition) is 23. The highest BCUT2D eigenvalue weighted by atomic mass is 32.2. The van der Waals surface area contributed by atoms with Crippen LogP contribution in [0.5, 0.6) is 0 Å². The molecule has 12 amide bonds. The van der Waals surface area contributed by atoms with E-state index in [4.69, 9.17) is 32.8 Å². The number of carbonyl (C=O) groups excluding carboxylic acids is 13. The summed E-state index contributed by atoms with van der Waals surface area (Å²) >= 11 is 1.26. The largest absolute Gasteiger partial charge is 0.464 e. The number of nitrogens with one attached hydrogen (secondary N) is 11. The van der Waals surface area contributed by atoms with Crippen LogP contribution in [0.25, 0.3) is 23.1 Å². The highest BCUT2D eigenvalue weighted by Gasteiger charge is 2.38. The first-order valence-electron chi connectivity index (χ1n) is 35.8. The smallest absolute Gasteiger partial charge is 0.345 e. The van der Waals surface area contributed by atoms with Gasteiger partial charge in [-0.15, -0.1) is 0 Å². The van der Waals surface area contributed by atoms with Crippen molar-refractivity contribution in [2.24, 2.45) is 28.9 Å². The van der Waals surface area contributed by atoms with E-state index in [1.165, 1.54) is 44.5 Å². The van der Waals surface area contributed by atoms with Crippen molar-refractivity contribution in [3.63, 3.8) is 0 Å². The van der Waals surface area contributed by atoms with E-state index < -0.39 is 164 Å². The van der Waals surface area contributed by atoms with Gasteiger partial charge in [-0.2, -0.15) is 9.78 Å². The second kappa shape index (κ2) is 43.9. The van der Waals surface area contributed by atoms with Gasteiger partial charge in [0.1, 0.15) is 61.0 Å². The summed E-state index contributed by atoms with van der Waals surface area (Å²) in [5, 5.41) is 55.4. The second-order valence-corrected chi connectivity index (χ2v) is 27.4. The molecule has 109 heavy (non-hydrogen) atoms. The first-order chi connectivity index (χ1) is 52.1. The Morgan fingerprint density at radius 3 is 1.87 bits per heavy atom. The van der Waals surface area contributed by atoms with Crippen LogP contribution in [0.2, 0.25) is 0 Å². The van der Waals surface area contributed by atoms with E-state index in [0.717, 1.165) is 4.68 Å². The quantitative estimate of drug-likeness (QED) is 0.0214. The molecule has 3 heterocycles. The number of benzene rings is 3. The predicted octanol–water partition coefficient (Wildman–Crippen LogP) is -2.34. The van der Waals surface area contributed by atoms with Crippen molar-refractivity contribution in [1.82, 2.24) is 78.1 Å². The average molecular weight is 1530 g/mol. The molecule has 35 nitrogen and oxygen atoms in total. The molecule has 0 unspecified atom stereocenters. The Morgan fingerprint density at radius 2 is 1.28 bits per heavy atom. The number of aliphatic hydroxyl groups excluding tert-OH is 2. The molecule has 11 atom stereocenters. The van der Waals surface area contributed by atoms with E-state index in [2.05, 4.69) is 63.5 Å². The second-order valence-electron chi connectivity index (χ2n) is 26.3. The van der Waals surface area contributed by atoms with Crippen molar-refractivity contribution >= 4 is 112 Å². The van der Waals surface area contributed by atoms with Crippen LogP contribution in [0, 0.1) is 5.92 Å². The molecular formula is C73H101N19O16S. The fourth-order valence-electron chi connectivity index (χ4n) is 11.5. The zero-order chi connectivity index (χ0) is 79.9. The van der Waals surface area contributed by atoms with Gasteiger partial charge in [0.25, 0.3) is 5.91 Å². The van der Waals surface area contributed by atoms with Crippen molar-refractivity contribution in [2.75, 3.05) is 59.5 Å². The number of nitrogens with zero attached hydrogens (tertiary/aromatic N) is 4. The minimum Gasteiger partial charge on any atom is -0.464 e. The summed E-state index contributed by atoms with van der Waals surface area (Å²) in [5.41, 5.74) is 26.0. The third-order valence-electron chi connectivity index (χ3n) is 17.2. The summed E-state index contributed by atoms with van der Waals surface area (Å²) in [7, 11) is 1.51. The number of carbonyl (C=O) groups is 13. The van der Waals surface area contributed by atoms with Crippen LogP contribution >= 0.6 is 11.8 Å². The number of esters is 1. The van der Waals surface area contributed by atoms with Crippen LogP contribution in [0.3, 0.4) is 0 Å². The molecule has 1 saturated heterocycles. The lowest BCUT2D eigenvalue weighted by molar-refractivity contribution is -0.141. The highest BCUT2D eigenvalue weighted by Crippen LogP contribution is 2.34. The molecule has 21 N–H and O–H groups in total. The molecule has 0 aliphatic carbocycles. The molecule has 590 valence electrons. The lowest BCUT2D eigenvalue weighted by Crippen LogP contribution is -2.61. The number of hydrogen-bond donors (Lipinski definition) is 17. The molecule has 0 spiro atoms. The van der Waals surface area contributed by atoms with Gasteiger partial charge in [-0.3, -0.25) is 62.5 Å². The van der Waals surface area contributed by atoms with Gasteiger partial charge >= 0.3 is 12.0 Å². The Balaban J connectivity index is 1.28. The van der Waals surface area contributed by atoms with Gasteiger partial charge < -0.3 is 101 Å². The van der Waals surface area contributed by atoms with E-state index in [0.29, 0.717) is 43.2 Å². The van der Waals surface area contributed by atoms with Gasteiger partial charge in [-0.25, -0.2) is 4.79 Å². The normalized spacial score (nSPS) is 19.8. The third-order valence-corrected chi connectivity index (χ3v) is 18.3. The highest BCUT2D eigenvalue weighted by molar-refractivity contribution is 7.99. The SMILES string of the molecule is CNC(=O)c1ccccc1Sc1ccc2c(/C=C/c3ccccn3)nn(C(=O)N(CCOC(C)=O)CCC(=O)N[C@H](C(=O)N[C@@H](CCN)C(=O)N[C@H]3CCNC(=O)[C@H]([C@@H](C)O)NC(=O)[C@H](CCN)NC(=O)[C@H](CCN)NC(=O)[C@H](CC(C)C)NC(=O)[C@@H](Cc4ccccc4)NC(=O)[C@H](CCN)NC3=O)[C@@H](C)O)c2c1. The Bertz CT molecular complexity index is 4000. The van der Waals surface area contributed by atoms with Gasteiger partial charge in [-0.1, -0.05) is 74.1 Å². The molecule has 1 aliphatic rings. The summed E-state index contributed by atoms with van der Waals surface area (Å²) in [5.74, 6) is -10.9. The number of aromatic nitrogens is 3. The Hall–Kier alpha value is -10.8. The first-order valence-corrected chi connectivity index (χ1v) is 36.7. The Labute approximate surface area is 634 Å². The monoisotopic (exact) mass is 1530 g/mol. The van der Waals surface area contributed by atoms with Gasteiger partial charge in [0.2, 0.25) is 59.1 Å². The number of nitrogens with two attached hydrogens (primary N) is 4. The van der Waals surface area contributed by atoms with Gasteiger partial charge in [0.05, 0.1) is 41.2 Å². The molecule has 3 aromatic carbocycles. The number of aliphatic hydroxyl groups is 2. The fourth-order valence-corrected chi connectivity index (χ4v) is 12.5. The molecule has 5 aromatic rings. The van der Waals surface area contributed by atoms with Gasteiger partial charge in [0, 0.05) is 61.3 Å². The fraction of sp³-hybridized carbons (Fsp3) is 0.466. The summed E-state index contributed by atoms with van der Waals surface area (Å²) in [6.45, 7) is 4.75. The van der Waals surface area contributed by atoms with E-state index in [9.17, 15) is 72.5 Å². The summed E-state index contributed by atoms with van der Waals surface area (Å²) in [6, 6.07) is 11.1. The Morgan fingerprint density at radius 1 is 0.679 bits per heavy atom. The minimum absolute atomic E-state index is 0.0195. The number of fused-ring (bicyclic) bond motifs is 1. The van der Waals surface area contributed by atoms with Crippen LogP contribution in [-0.4, -0.2) is 233 Å². The zero-order valence-corrected chi connectivity index (χ0v) is 62.6. The molecule has 0 radical (unpaired) electrons. The number of rotatable bonds is 30. The molecule has 6 rings (SSSR count). The molecule has 0 bridgehead atoms. The molecule has 0 saturated carbocycles. The standard InChI is InChI=1S/C73H101N19O16S/c1-41(2)38-56-69(103)83-51(23-29-74)64(98)82-54(26-32-77)68(102)89-61(42(3)93)71(105)80-34-27-55(67(101)81-52(24-30-75)66(100)87-57(70(104)86-56)39-45-14-8-7-9-15-45)84-65(99)53(25-31-76)85-72(106)62(43(4)94)88-60(96)28-35-91(36-37-108-44(5)95)73(107)92-58-40-47(109-59-18-11-10-17-49(59)63(97)78-6)20-21-48(58)50(90-92)22-19-46-16-12-13-33-79-46/h7-22,33,40-43,51-57,61-62,93-94H,23-32,34-39,74-77H2,1-6H3,(H,78,97)(H,80,105)(H,81,101)(H,82,98)(H,83,103)(H,84,99)(H,85,106)(H,86,104)(H,87,100)(H,88,96)(H,89,102)/b22-19+/t42-,43-,51+,52+,53+,54+,55+,56+,57-,61+,62+/m1/s1. The van der Waals surface area contributed by atoms with E-state index >= 15 is 0 Å². The van der Waals surface area contributed by atoms with Crippen molar-refractivity contribution in [2.45, 2.75) is 162 Å². The van der Waals surface area contributed by atoms with Crippen LogP contribution in [0.15, 0.2) is 107 Å².